The van der Waals surface area contributed by atoms with Crippen LogP contribution in [0.3, 0.4) is 0 Å². The summed E-state index contributed by atoms with van der Waals surface area (Å²) in [6, 6.07) is 8.63. The summed E-state index contributed by atoms with van der Waals surface area (Å²) in [7, 11) is 3.66. The highest BCUT2D eigenvalue weighted by Gasteiger charge is 2.11. The average molecular weight is 308 g/mol. The molecule has 1 N–H and O–H groups in total. The molecule has 0 bridgehead atoms. The lowest BCUT2D eigenvalue weighted by Crippen LogP contribution is -2.06. The maximum atomic E-state index is 5.23. The Labute approximate surface area is 128 Å². The minimum absolute atomic E-state index is 0.567. The number of methoxy groups -OCH3 is 1. The molecule has 0 saturated heterocycles. The van der Waals surface area contributed by atoms with Crippen molar-refractivity contribution in [2.24, 2.45) is 0 Å². The summed E-state index contributed by atoms with van der Waals surface area (Å²) >= 11 is 3.59. The molecular weight excluding hydrogens is 288 g/mol. The minimum atomic E-state index is 0.567. The third kappa shape index (κ3) is 3.82. The molecule has 0 unspecified atom stereocenters. The predicted molar refractivity (Wildman–Crippen MR) is 87.4 cm³/mol. The number of ether oxygens (including phenoxy) is 1. The van der Waals surface area contributed by atoms with Crippen LogP contribution in [0.5, 0.6) is 0 Å². The van der Waals surface area contributed by atoms with Gasteiger partial charge in [-0.2, -0.15) is 0 Å². The number of thiazole rings is 1. The fourth-order valence-electron chi connectivity index (χ4n) is 1.92. The van der Waals surface area contributed by atoms with Gasteiger partial charge in [0.15, 0.2) is 0 Å². The molecule has 0 amide bonds. The molecule has 1 heterocycles. The van der Waals surface area contributed by atoms with E-state index in [0.29, 0.717) is 6.61 Å². The van der Waals surface area contributed by atoms with Gasteiger partial charge in [0.05, 0.1) is 12.3 Å². The zero-order chi connectivity index (χ0) is 14.4. The van der Waals surface area contributed by atoms with Crippen LogP contribution in [0.1, 0.15) is 17.5 Å². The standard InChI is InChI=1S/C15H20N2OS2/c1-4-19-12-7-5-11(6-8-12)15-17-13(10-18-3)14(20-15)9-16-2/h5-8,16H,4,9-10H2,1-3H3. The number of nitrogens with zero attached hydrogens (tertiary/aromatic N) is 1. The normalized spacial score (nSPS) is 10.9. The Morgan fingerprint density at radius 3 is 2.65 bits per heavy atom. The van der Waals surface area contributed by atoms with E-state index in [2.05, 4.69) is 36.5 Å². The van der Waals surface area contributed by atoms with Crippen molar-refractivity contribution in [2.45, 2.75) is 25.0 Å². The molecule has 0 atom stereocenters. The first-order valence-electron chi connectivity index (χ1n) is 6.63. The van der Waals surface area contributed by atoms with Gasteiger partial charge in [0.1, 0.15) is 5.01 Å². The van der Waals surface area contributed by atoms with Crippen molar-refractivity contribution in [3.05, 3.63) is 34.8 Å². The van der Waals surface area contributed by atoms with E-state index < -0.39 is 0 Å². The van der Waals surface area contributed by atoms with E-state index in [4.69, 9.17) is 9.72 Å². The number of thioether (sulfide) groups is 1. The van der Waals surface area contributed by atoms with E-state index in [9.17, 15) is 0 Å². The van der Waals surface area contributed by atoms with Gasteiger partial charge in [-0.15, -0.1) is 23.1 Å². The van der Waals surface area contributed by atoms with E-state index in [1.165, 1.54) is 15.3 Å². The van der Waals surface area contributed by atoms with E-state index in [-0.39, 0.29) is 0 Å². The first-order valence-corrected chi connectivity index (χ1v) is 8.44. The topological polar surface area (TPSA) is 34.1 Å². The van der Waals surface area contributed by atoms with Crippen molar-refractivity contribution in [1.82, 2.24) is 10.3 Å². The SMILES string of the molecule is CCSc1ccc(-c2nc(COC)c(CNC)s2)cc1. The van der Waals surface area contributed by atoms with Crippen LogP contribution in [0.15, 0.2) is 29.2 Å². The van der Waals surface area contributed by atoms with Crippen LogP contribution in [-0.4, -0.2) is 24.9 Å². The Hall–Kier alpha value is -0.880. The van der Waals surface area contributed by atoms with Crippen molar-refractivity contribution < 1.29 is 4.74 Å². The van der Waals surface area contributed by atoms with Crippen LogP contribution in [0.4, 0.5) is 0 Å². The number of aromatic nitrogens is 1. The van der Waals surface area contributed by atoms with Crippen molar-refractivity contribution in [2.75, 3.05) is 19.9 Å². The second kappa shape index (κ2) is 7.78. The van der Waals surface area contributed by atoms with Crippen LogP contribution in [-0.2, 0) is 17.9 Å². The van der Waals surface area contributed by atoms with Crippen LogP contribution in [0.25, 0.3) is 10.6 Å². The van der Waals surface area contributed by atoms with E-state index in [1.807, 2.05) is 18.8 Å². The summed E-state index contributed by atoms with van der Waals surface area (Å²) in [6.45, 7) is 3.57. The van der Waals surface area contributed by atoms with E-state index in [0.717, 1.165) is 23.0 Å². The lowest BCUT2D eigenvalue weighted by molar-refractivity contribution is 0.181. The van der Waals surface area contributed by atoms with E-state index in [1.54, 1.807) is 18.4 Å². The third-order valence-electron chi connectivity index (χ3n) is 2.81. The maximum Gasteiger partial charge on any atom is 0.124 e. The van der Waals surface area contributed by atoms with Gasteiger partial charge in [-0.3, -0.25) is 0 Å². The summed E-state index contributed by atoms with van der Waals surface area (Å²) in [4.78, 5) is 7.26. The molecule has 20 heavy (non-hydrogen) atoms. The Kier molecular flexibility index (Phi) is 6.04. The number of nitrogens with one attached hydrogen (secondary N) is 1. The quantitative estimate of drug-likeness (QED) is 0.789. The van der Waals surface area contributed by atoms with Gasteiger partial charge in [0.2, 0.25) is 0 Å². The zero-order valence-corrected chi connectivity index (χ0v) is 13.7. The van der Waals surface area contributed by atoms with Crippen LogP contribution in [0, 0.1) is 0 Å². The smallest absolute Gasteiger partial charge is 0.124 e. The highest BCUT2D eigenvalue weighted by Crippen LogP contribution is 2.30. The third-order valence-corrected chi connectivity index (χ3v) is 4.85. The first kappa shape index (κ1) is 15.5. The molecule has 2 aromatic rings. The highest BCUT2D eigenvalue weighted by molar-refractivity contribution is 7.99. The molecule has 0 aliphatic rings. The largest absolute Gasteiger partial charge is 0.378 e. The van der Waals surface area contributed by atoms with Gasteiger partial charge in [-0.05, 0) is 24.9 Å². The van der Waals surface area contributed by atoms with Crippen molar-refractivity contribution in [3.63, 3.8) is 0 Å². The minimum Gasteiger partial charge on any atom is -0.378 e. The molecule has 1 aromatic heterocycles. The van der Waals surface area contributed by atoms with Gasteiger partial charge in [0, 0.05) is 29.0 Å². The first-order chi connectivity index (χ1) is 9.78. The molecule has 0 aliphatic heterocycles. The molecule has 0 aliphatic carbocycles. The molecule has 108 valence electrons. The Morgan fingerprint density at radius 1 is 1.30 bits per heavy atom. The molecule has 0 spiro atoms. The highest BCUT2D eigenvalue weighted by atomic mass is 32.2. The van der Waals surface area contributed by atoms with Gasteiger partial charge < -0.3 is 10.1 Å². The maximum absolute atomic E-state index is 5.23. The van der Waals surface area contributed by atoms with Gasteiger partial charge >= 0.3 is 0 Å². The van der Waals surface area contributed by atoms with Crippen LogP contribution in [0.2, 0.25) is 0 Å². The lowest BCUT2D eigenvalue weighted by Gasteiger charge is -2.00. The Balaban J connectivity index is 2.24. The van der Waals surface area contributed by atoms with Crippen molar-refractivity contribution in [1.29, 1.82) is 0 Å². The molecule has 0 saturated carbocycles. The number of rotatable bonds is 7. The second-order valence-corrected chi connectivity index (χ2v) is 6.73. The molecule has 0 radical (unpaired) electrons. The van der Waals surface area contributed by atoms with Crippen LogP contribution < -0.4 is 5.32 Å². The second-order valence-electron chi connectivity index (χ2n) is 4.31. The fourth-order valence-corrected chi connectivity index (χ4v) is 3.66. The summed E-state index contributed by atoms with van der Waals surface area (Å²) in [5.74, 6) is 1.10. The van der Waals surface area contributed by atoms with Crippen molar-refractivity contribution >= 4 is 23.1 Å². The Morgan fingerprint density at radius 2 is 2.05 bits per heavy atom. The summed E-state index contributed by atoms with van der Waals surface area (Å²) in [5, 5.41) is 4.25. The number of hydrogen-bond acceptors (Lipinski definition) is 5. The summed E-state index contributed by atoms with van der Waals surface area (Å²) in [6.07, 6.45) is 0. The zero-order valence-electron chi connectivity index (χ0n) is 12.1. The van der Waals surface area contributed by atoms with Gasteiger partial charge in [0.25, 0.3) is 0 Å². The number of hydrogen-bond donors (Lipinski definition) is 1. The molecule has 2 rings (SSSR count). The van der Waals surface area contributed by atoms with E-state index >= 15 is 0 Å². The van der Waals surface area contributed by atoms with Gasteiger partial charge in [-0.25, -0.2) is 4.98 Å². The summed E-state index contributed by atoms with van der Waals surface area (Å²) in [5.41, 5.74) is 2.21. The number of benzene rings is 1. The molecule has 3 nitrogen and oxygen atoms in total. The Bertz CT molecular complexity index is 514. The average Bonchev–Trinajstić information content (AvgIpc) is 2.84. The van der Waals surface area contributed by atoms with Crippen molar-refractivity contribution in [3.8, 4) is 10.6 Å². The fraction of sp³-hybridized carbons (Fsp3) is 0.400. The molecule has 0 fully saturated rings. The predicted octanol–water partition coefficient (Wildman–Crippen LogP) is 3.79. The molecule has 5 heteroatoms. The van der Waals surface area contributed by atoms with Crippen LogP contribution >= 0.6 is 23.1 Å². The monoisotopic (exact) mass is 308 g/mol. The summed E-state index contributed by atoms with van der Waals surface area (Å²) < 4.78 is 5.23. The molecule has 1 aromatic carbocycles. The molecular formula is C15H20N2OS2. The lowest BCUT2D eigenvalue weighted by atomic mass is 10.2. The van der Waals surface area contributed by atoms with Gasteiger partial charge in [-0.1, -0.05) is 19.1 Å².